The summed E-state index contributed by atoms with van der Waals surface area (Å²) in [6, 6.07) is 4.01. The molecule has 0 amide bonds. The lowest BCUT2D eigenvalue weighted by atomic mass is 9.89. The smallest absolute Gasteiger partial charge is 0.117 e. The van der Waals surface area contributed by atoms with E-state index in [2.05, 4.69) is 17.9 Å². The number of nitrogens with zero attached hydrogens (tertiary/aromatic N) is 1. The van der Waals surface area contributed by atoms with E-state index >= 15 is 0 Å². The first-order valence-corrected chi connectivity index (χ1v) is 7.79. The van der Waals surface area contributed by atoms with Gasteiger partial charge in [-0.05, 0) is 31.9 Å². The Hall–Kier alpha value is -0.840. The summed E-state index contributed by atoms with van der Waals surface area (Å²) in [6.07, 6.45) is 5.40. The maximum absolute atomic E-state index is 6.23. The Morgan fingerprint density at radius 2 is 2.45 bits per heavy atom. The fourth-order valence-corrected chi connectivity index (χ4v) is 3.65. The summed E-state index contributed by atoms with van der Waals surface area (Å²) in [6.45, 7) is 7.40. The van der Waals surface area contributed by atoms with Crippen LogP contribution in [0, 0.1) is 5.92 Å². The molecule has 1 spiro atoms. The molecule has 2 atom stereocenters. The highest BCUT2D eigenvalue weighted by molar-refractivity contribution is 5.02. The fraction of sp³-hybridized carbons (Fsp3) is 0.750. The lowest BCUT2D eigenvalue weighted by Crippen LogP contribution is -2.54. The highest BCUT2D eigenvalue weighted by Gasteiger charge is 2.46. The van der Waals surface area contributed by atoms with E-state index in [9.17, 15) is 0 Å². The summed E-state index contributed by atoms with van der Waals surface area (Å²) in [5.41, 5.74) is 0.0139. The van der Waals surface area contributed by atoms with Gasteiger partial charge in [0.25, 0.3) is 0 Å². The summed E-state index contributed by atoms with van der Waals surface area (Å²) < 4.78 is 17.4. The summed E-state index contributed by atoms with van der Waals surface area (Å²) in [7, 11) is 0. The molecule has 2 aliphatic rings. The van der Waals surface area contributed by atoms with Crippen molar-refractivity contribution in [3.05, 3.63) is 24.2 Å². The number of hydrogen-bond acceptors (Lipinski definition) is 4. The van der Waals surface area contributed by atoms with Crippen molar-refractivity contribution in [2.45, 2.75) is 38.3 Å². The van der Waals surface area contributed by atoms with Crippen molar-refractivity contribution in [2.24, 2.45) is 5.92 Å². The van der Waals surface area contributed by atoms with Gasteiger partial charge in [-0.3, -0.25) is 4.90 Å². The van der Waals surface area contributed by atoms with Gasteiger partial charge in [-0.15, -0.1) is 0 Å². The predicted molar refractivity (Wildman–Crippen MR) is 76.5 cm³/mol. The van der Waals surface area contributed by atoms with Crippen molar-refractivity contribution in [2.75, 3.05) is 32.9 Å². The molecule has 1 aliphatic carbocycles. The van der Waals surface area contributed by atoms with E-state index < -0.39 is 0 Å². The van der Waals surface area contributed by atoms with E-state index in [0.717, 1.165) is 45.2 Å². The molecule has 1 saturated heterocycles. The van der Waals surface area contributed by atoms with Gasteiger partial charge in [-0.1, -0.05) is 6.42 Å². The van der Waals surface area contributed by atoms with Crippen LogP contribution in [0.5, 0.6) is 0 Å². The van der Waals surface area contributed by atoms with Gasteiger partial charge >= 0.3 is 0 Å². The Morgan fingerprint density at radius 1 is 1.50 bits per heavy atom. The quantitative estimate of drug-likeness (QED) is 0.830. The molecule has 4 heteroatoms. The van der Waals surface area contributed by atoms with Crippen LogP contribution in [0.3, 0.4) is 0 Å². The van der Waals surface area contributed by atoms with Crippen LogP contribution >= 0.6 is 0 Å². The Kier molecular flexibility index (Phi) is 4.44. The lowest BCUT2D eigenvalue weighted by molar-refractivity contribution is -0.143. The molecule has 112 valence electrons. The van der Waals surface area contributed by atoms with Gasteiger partial charge in [0.2, 0.25) is 0 Å². The molecule has 1 saturated carbocycles. The van der Waals surface area contributed by atoms with Crippen molar-refractivity contribution >= 4 is 0 Å². The van der Waals surface area contributed by atoms with Crippen LogP contribution < -0.4 is 0 Å². The number of morpholine rings is 1. The van der Waals surface area contributed by atoms with Crippen LogP contribution in [0.2, 0.25) is 0 Å². The highest BCUT2D eigenvalue weighted by Crippen LogP contribution is 2.41. The Balaban J connectivity index is 1.63. The number of ether oxygens (including phenoxy) is 2. The highest BCUT2D eigenvalue weighted by atomic mass is 16.5. The van der Waals surface area contributed by atoms with E-state index in [1.165, 1.54) is 19.3 Å². The Bertz CT molecular complexity index is 406. The molecule has 1 aromatic rings. The van der Waals surface area contributed by atoms with Crippen molar-refractivity contribution in [1.29, 1.82) is 0 Å². The number of furan rings is 1. The standard InChI is InChI=1S/C16H25NO3/c1-2-18-12-14-5-3-7-16(14)13-17(8-10-20-16)11-15-6-4-9-19-15/h4,6,9,14H,2-3,5,7-8,10-13H2,1H3/t14-,16+/m0/s1. The lowest BCUT2D eigenvalue weighted by Gasteiger charge is -2.43. The largest absolute Gasteiger partial charge is 0.468 e. The molecular weight excluding hydrogens is 254 g/mol. The van der Waals surface area contributed by atoms with Crippen molar-refractivity contribution < 1.29 is 13.9 Å². The third-order valence-corrected chi connectivity index (χ3v) is 4.67. The van der Waals surface area contributed by atoms with Crippen molar-refractivity contribution in [1.82, 2.24) is 4.90 Å². The van der Waals surface area contributed by atoms with Gasteiger partial charge in [0, 0.05) is 25.6 Å². The predicted octanol–water partition coefficient (Wildman–Crippen LogP) is 2.69. The fourth-order valence-electron chi connectivity index (χ4n) is 3.65. The average Bonchev–Trinajstić information content (AvgIpc) is 3.08. The molecule has 0 radical (unpaired) electrons. The first kappa shape index (κ1) is 14.1. The molecule has 3 rings (SSSR count). The third-order valence-electron chi connectivity index (χ3n) is 4.67. The van der Waals surface area contributed by atoms with Crippen LogP contribution in [0.15, 0.2) is 22.8 Å². The van der Waals surface area contributed by atoms with Crippen LogP contribution in [0.4, 0.5) is 0 Å². The molecule has 1 aliphatic heterocycles. The molecule has 1 aromatic heterocycles. The summed E-state index contributed by atoms with van der Waals surface area (Å²) in [4.78, 5) is 2.46. The topological polar surface area (TPSA) is 34.8 Å². The first-order chi connectivity index (χ1) is 9.82. The second-order valence-electron chi connectivity index (χ2n) is 5.95. The normalized spacial score (nSPS) is 31.1. The summed E-state index contributed by atoms with van der Waals surface area (Å²) >= 11 is 0. The molecule has 4 nitrogen and oxygen atoms in total. The van der Waals surface area contributed by atoms with Crippen LogP contribution in [0.25, 0.3) is 0 Å². The van der Waals surface area contributed by atoms with E-state index in [1.54, 1.807) is 6.26 Å². The minimum atomic E-state index is 0.0139. The second-order valence-corrected chi connectivity index (χ2v) is 5.95. The van der Waals surface area contributed by atoms with Gasteiger partial charge in [-0.25, -0.2) is 0 Å². The maximum Gasteiger partial charge on any atom is 0.117 e. The van der Waals surface area contributed by atoms with E-state index in [4.69, 9.17) is 13.9 Å². The SMILES string of the molecule is CCOC[C@@H]1CCC[C@@]12CN(Cc1ccco1)CCO2. The zero-order valence-electron chi connectivity index (χ0n) is 12.3. The maximum atomic E-state index is 6.23. The molecule has 0 aromatic carbocycles. The minimum absolute atomic E-state index is 0.0139. The van der Waals surface area contributed by atoms with Gasteiger partial charge < -0.3 is 13.9 Å². The van der Waals surface area contributed by atoms with Gasteiger partial charge in [0.1, 0.15) is 5.76 Å². The van der Waals surface area contributed by atoms with E-state index in [0.29, 0.717) is 5.92 Å². The Labute approximate surface area is 121 Å². The molecule has 0 bridgehead atoms. The van der Waals surface area contributed by atoms with Crippen molar-refractivity contribution in [3.8, 4) is 0 Å². The molecule has 0 unspecified atom stereocenters. The monoisotopic (exact) mass is 279 g/mol. The minimum Gasteiger partial charge on any atom is -0.468 e. The van der Waals surface area contributed by atoms with Gasteiger partial charge in [-0.2, -0.15) is 0 Å². The van der Waals surface area contributed by atoms with Crippen LogP contribution in [-0.4, -0.2) is 43.4 Å². The molecule has 2 fully saturated rings. The van der Waals surface area contributed by atoms with E-state index in [1.807, 2.05) is 6.07 Å². The zero-order chi connectivity index (χ0) is 13.8. The number of hydrogen-bond donors (Lipinski definition) is 0. The molecule has 2 heterocycles. The molecule has 20 heavy (non-hydrogen) atoms. The zero-order valence-corrected chi connectivity index (χ0v) is 12.3. The summed E-state index contributed by atoms with van der Waals surface area (Å²) in [5.74, 6) is 1.59. The van der Waals surface area contributed by atoms with Gasteiger partial charge in [0.05, 0.1) is 31.6 Å². The Morgan fingerprint density at radius 3 is 3.25 bits per heavy atom. The average molecular weight is 279 g/mol. The first-order valence-electron chi connectivity index (χ1n) is 7.79. The van der Waals surface area contributed by atoms with Crippen LogP contribution in [0.1, 0.15) is 31.9 Å². The van der Waals surface area contributed by atoms with Crippen molar-refractivity contribution in [3.63, 3.8) is 0 Å². The third kappa shape index (κ3) is 2.92. The van der Waals surface area contributed by atoms with Gasteiger partial charge in [0.15, 0.2) is 0 Å². The molecule has 0 N–H and O–H groups in total. The van der Waals surface area contributed by atoms with E-state index in [-0.39, 0.29) is 5.60 Å². The summed E-state index contributed by atoms with van der Waals surface area (Å²) in [5, 5.41) is 0. The van der Waals surface area contributed by atoms with Crippen LogP contribution in [-0.2, 0) is 16.0 Å². The number of rotatable bonds is 5. The second kappa shape index (κ2) is 6.29. The molecular formula is C16H25NO3.